The van der Waals surface area contributed by atoms with Gasteiger partial charge in [0.05, 0.1) is 0 Å². The number of hydrogen-bond donors (Lipinski definition) is 2. The van der Waals surface area contributed by atoms with E-state index in [9.17, 15) is 36.1 Å². The van der Waals surface area contributed by atoms with Crippen LogP contribution in [0.4, 0.5) is 22.0 Å². The predicted octanol–water partition coefficient (Wildman–Crippen LogP) is 3.58. The third kappa shape index (κ3) is 5.99. The molecule has 0 aromatic heterocycles. The average molecular weight is 403 g/mol. The van der Waals surface area contributed by atoms with Gasteiger partial charge in [0.15, 0.2) is 35.6 Å². The summed E-state index contributed by atoms with van der Waals surface area (Å²) >= 11 is 0. The Morgan fingerprint density at radius 3 is 2.27 bits per heavy atom. The summed E-state index contributed by atoms with van der Waals surface area (Å²) in [6, 6.07) is 0.0851. The average Bonchev–Trinajstić information content (AvgIpc) is 2.57. The lowest BCUT2D eigenvalue weighted by Crippen LogP contribution is -2.18. The minimum Gasteiger partial charge on any atom is -0.481 e. The topological polar surface area (TPSA) is 101 Å². The van der Waals surface area contributed by atoms with Crippen LogP contribution in [0.3, 0.4) is 0 Å². The van der Waals surface area contributed by atoms with Gasteiger partial charge in [0.1, 0.15) is 12.5 Å². The van der Waals surface area contributed by atoms with Gasteiger partial charge in [0.2, 0.25) is 0 Å². The molecule has 0 spiro atoms. The molecular formula is C14H13F5O6P+. The van der Waals surface area contributed by atoms with Crippen LogP contribution in [0.1, 0.15) is 24.6 Å². The molecule has 0 bridgehead atoms. The molecule has 0 saturated heterocycles. The van der Waals surface area contributed by atoms with Gasteiger partial charge < -0.3 is 10.2 Å². The van der Waals surface area contributed by atoms with E-state index < -0.39 is 80.1 Å². The molecule has 144 valence electrons. The molecule has 0 fully saturated rings. The molecule has 3 atom stereocenters. The monoisotopic (exact) mass is 403 g/mol. The summed E-state index contributed by atoms with van der Waals surface area (Å²) in [4.78, 5) is 21.4. The molecule has 0 radical (unpaired) electrons. The van der Waals surface area contributed by atoms with Crippen LogP contribution in [0.2, 0.25) is 0 Å². The highest BCUT2D eigenvalue weighted by Crippen LogP contribution is 2.32. The van der Waals surface area contributed by atoms with E-state index in [-0.39, 0.29) is 12.5 Å². The van der Waals surface area contributed by atoms with Crippen molar-refractivity contribution in [2.75, 3.05) is 12.8 Å². The first-order valence-corrected chi connectivity index (χ1v) is 8.40. The molecule has 2 N–H and O–H groups in total. The normalized spacial score (nSPS) is 14.0. The fourth-order valence-corrected chi connectivity index (χ4v) is 2.98. The van der Waals surface area contributed by atoms with E-state index in [1.807, 2.05) is 0 Å². The quantitative estimate of drug-likeness (QED) is 0.268. The van der Waals surface area contributed by atoms with Crippen LogP contribution in [0, 0.1) is 29.2 Å². The highest BCUT2D eigenvalue weighted by Gasteiger charge is 2.33. The van der Waals surface area contributed by atoms with Gasteiger partial charge in [-0.2, -0.15) is 0 Å². The van der Waals surface area contributed by atoms with Crippen LogP contribution in [-0.4, -0.2) is 34.9 Å². The number of alkyl halides is 1. The molecule has 0 aliphatic carbocycles. The Hall–Kier alpha value is -2.13. The Morgan fingerprint density at radius 2 is 1.73 bits per heavy atom. The SMILES string of the molecule is O=C(O)CCC(C[P+](=O)OCC(F)c1cc(F)c(F)c(F)c1F)C(=O)O. The molecule has 6 nitrogen and oxygen atoms in total. The van der Waals surface area contributed by atoms with Gasteiger partial charge in [-0.1, -0.05) is 0 Å². The van der Waals surface area contributed by atoms with E-state index in [1.165, 1.54) is 0 Å². The third-order valence-corrected chi connectivity index (χ3v) is 4.43. The van der Waals surface area contributed by atoms with Crippen LogP contribution in [0.25, 0.3) is 0 Å². The van der Waals surface area contributed by atoms with Crippen LogP contribution in [0.5, 0.6) is 0 Å². The van der Waals surface area contributed by atoms with Crippen molar-refractivity contribution in [1.29, 1.82) is 0 Å². The van der Waals surface area contributed by atoms with Crippen molar-refractivity contribution >= 4 is 20.0 Å². The Labute approximate surface area is 144 Å². The van der Waals surface area contributed by atoms with E-state index >= 15 is 0 Å². The van der Waals surface area contributed by atoms with Gasteiger partial charge in [-0.25, -0.2) is 22.0 Å². The maximum absolute atomic E-state index is 13.9. The van der Waals surface area contributed by atoms with Gasteiger partial charge in [0, 0.05) is 12.0 Å². The Morgan fingerprint density at radius 1 is 1.12 bits per heavy atom. The highest BCUT2D eigenvalue weighted by molar-refractivity contribution is 7.39. The summed E-state index contributed by atoms with van der Waals surface area (Å²) in [6.07, 6.45) is -4.00. The van der Waals surface area contributed by atoms with Crippen molar-refractivity contribution < 1.29 is 50.8 Å². The fourth-order valence-electron chi connectivity index (χ4n) is 1.88. The van der Waals surface area contributed by atoms with Crippen molar-refractivity contribution in [2.24, 2.45) is 5.92 Å². The number of carbonyl (C=O) groups is 2. The predicted molar refractivity (Wildman–Crippen MR) is 76.5 cm³/mol. The zero-order valence-corrected chi connectivity index (χ0v) is 13.8. The summed E-state index contributed by atoms with van der Waals surface area (Å²) in [6.45, 7) is -1.14. The Balaban J connectivity index is 2.69. The zero-order valence-electron chi connectivity index (χ0n) is 12.9. The number of benzene rings is 1. The lowest BCUT2D eigenvalue weighted by atomic mass is 10.1. The van der Waals surface area contributed by atoms with E-state index in [1.54, 1.807) is 0 Å². The van der Waals surface area contributed by atoms with Crippen molar-refractivity contribution in [3.63, 3.8) is 0 Å². The molecule has 0 amide bonds. The summed E-state index contributed by atoms with van der Waals surface area (Å²) in [5, 5.41) is 17.4. The molecule has 3 unspecified atom stereocenters. The summed E-state index contributed by atoms with van der Waals surface area (Å²) < 4.78 is 82.4. The number of hydrogen-bond acceptors (Lipinski definition) is 4. The summed E-state index contributed by atoms with van der Waals surface area (Å²) in [5.74, 6) is -12.2. The first-order chi connectivity index (χ1) is 12.0. The number of carboxylic acids is 2. The minimum atomic E-state index is -2.79. The van der Waals surface area contributed by atoms with E-state index in [0.717, 1.165) is 0 Å². The number of rotatable bonds is 10. The van der Waals surface area contributed by atoms with Crippen molar-refractivity contribution in [3.8, 4) is 0 Å². The molecule has 0 aliphatic heterocycles. The van der Waals surface area contributed by atoms with Crippen molar-refractivity contribution in [2.45, 2.75) is 19.0 Å². The van der Waals surface area contributed by atoms with Gasteiger partial charge in [-0.15, -0.1) is 4.52 Å². The maximum atomic E-state index is 13.9. The molecular weight excluding hydrogens is 390 g/mol. The summed E-state index contributed by atoms with van der Waals surface area (Å²) in [7, 11) is -2.79. The number of halogens is 5. The van der Waals surface area contributed by atoms with Crippen LogP contribution in [-0.2, 0) is 18.7 Å². The van der Waals surface area contributed by atoms with Crippen LogP contribution in [0.15, 0.2) is 6.07 Å². The first-order valence-electron chi connectivity index (χ1n) is 7.03. The lowest BCUT2D eigenvalue weighted by molar-refractivity contribution is -0.142. The first kappa shape index (κ1) is 21.9. The molecule has 0 heterocycles. The zero-order chi connectivity index (χ0) is 20.0. The molecule has 1 rings (SSSR count). The van der Waals surface area contributed by atoms with Crippen molar-refractivity contribution in [1.82, 2.24) is 0 Å². The van der Waals surface area contributed by atoms with E-state index in [4.69, 9.17) is 10.2 Å². The lowest BCUT2D eigenvalue weighted by Gasteiger charge is -2.09. The third-order valence-electron chi connectivity index (χ3n) is 3.26. The highest BCUT2D eigenvalue weighted by atomic mass is 31.1. The fraction of sp³-hybridized carbons (Fsp3) is 0.429. The largest absolute Gasteiger partial charge is 0.509 e. The molecule has 26 heavy (non-hydrogen) atoms. The van der Waals surface area contributed by atoms with Gasteiger partial charge in [-0.05, 0) is 17.1 Å². The Bertz CT molecular complexity index is 714. The smallest absolute Gasteiger partial charge is 0.481 e. The van der Waals surface area contributed by atoms with Crippen LogP contribution >= 0.6 is 8.03 Å². The molecule has 12 heteroatoms. The second-order valence-electron chi connectivity index (χ2n) is 5.14. The van der Waals surface area contributed by atoms with E-state index in [2.05, 4.69) is 4.52 Å². The maximum Gasteiger partial charge on any atom is 0.509 e. The van der Waals surface area contributed by atoms with Crippen molar-refractivity contribution in [3.05, 3.63) is 34.9 Å². The second kappa shape index (κ2) is 9.54. The number of aliphatic carboxylic acids is 2. The van der Waals surface area contributed by atoms with Gasteiger partial charge >= 0.3 is 20.0 Å². The second-order valence-corrected chi connectivity index (χ2v) is 6.42. The van der Waals surface area contributed by atoms with E-state index in [0.29, 0.717) is 0 Å². The van der Waals surface area contributed by atoms with Gasteiger partial charge in [0.25, 0.3) is 0 Å². The standard InChI is InChI=1S/C14H12F5O6P/c15-8-3-7(11(17)13(19)12(8)18)9(16)4-25-26(24)5-6(14(22)23)1-2-10(20)21/h3,6,9H,1-2,4-5H2,(H-,20,21,22,23)/p+1. The van der Waals surface area contributed by atoms with Crippen LogP contribution < -0.4 is 0 Å². The minimum absolute atomic E-state index is 0.0851. The summed E-state index contributed by atoms with van der Waals surface area (Å²) in [5.41, 5.74) is -1.19. The molecule has 0 saturated carbocycles. The molecule has 1 aromatic rings. The molecule has 1 aromatic carbocycles. The Kier molecular flexibility index (Phi) is 8.04. The van der Waals surface area contributed by atoms with Gasteiger partial charge in [-0.3, -0.25) is 9.59 Å². The molecule has 0 aliphatic rings. The number of carboxylic acid groups (broad SMARTS) is 2.